The van der Waals surface area contributed by atoms with Crippen molar-refractivity contribution in [2.45, 2.75) is 5.60 Å². The molecule has 0 aromatic rings. The summed E-state index contributed by atoms with van der Waals surface area (Å²) in [4.78, 5) is 3.43. The summed E-state index contributed by atoms with van der Waals surface area (Å²) in [6.07, 6.45) is 4.69. The Morgan fingerprint density at radius 1 is 1.89 bits per heavy atom. The lowest BCUT2D eigenvalue weighted by atomic mass is 10.1. The zero-order valence-corrected chi connectivity index (χ0v) is 4.53. The third-order valence-corrected chi connectivity index (χ3v) is 0.697. The second kappa shape index (κ2) is 3.43. The number of rotatable bonds is 3. The Kier molecular flexibility index (Phi) is 1.98. The predicted octanol–water partition coefficient (Wildman–Crippen LogP) is -1.17. The molecule has 0 unspecified atom stereocenters. The molecular formula is C5H8O4. The Balaban J connectivity index is 4.50. The zero-order valence-electron chi connectivity index (χ0n) is 6.53. The van der Waals surface area contributed by atoms with Crippen molar-refractivity contribution in [3.8, 4) is 12.3 Å². The van der Waals surface area contributed by atoms with E-state index in [1.165, 1.54) is 0 Å². The second-order valence-corrected chi connectivity index (χ2v) is 1.39. The molecule has 0 aromatic heterocycles. The molecule has 9 heavy (non-hydrogen) atoms. The van der Waals surface area contributed by atoms with Crippen molar-refractivity contribution in [1.29, 1.82) is 0 Å². The van der Waals surface area contributed by atoms with Gasteiger partial charge in [-0.1, -0.05) is 5.92 Å². The number of terminal acetylenes is 1. The van der Waals surface area contributed by atoms with Gasteiger partial charge in [-0.05, 0) is 0 Å². The van der Waals surface area contributed by atoms with Crippen molar-refractivity contribution in [3.05, 3.63) is 0 Å². The van der Waals surface area contributed by atoms with Gasteiger partial charge in [-0.3, -0.25) is 5.26 Å². The summed E-state index contributed by atoms with van der Waals surface area (Å²) in [5.74, 6) is 1.56. The number of aliphatic hydroxyl groups is 2. The first-order chi connectivity index (χ1) is 4.87. The zero-order chi connectivity index (χ0) is 9.12. The molecule has 0 aromatic carbocycles. The van der Waals surface area contributed by atoms with Gasteiger partial charge in [0, 0.05) is 0 Å². The highest BCUT2D eigenvalue weighted by Gasteiger charge is 2.22. The lowest BCUT2D eigenvalue weighted by molar-refractivity contribution is -0.268. The minimum Gasteiger partial charge on any atom is -0.392 e. The molecule has 4 heteroatoms. The van der Waals surface area contributed by atoms with E-state index in [1.807, 2.05) is 0 Å². The summed E-state index contributed by atoms with van der Waals surface area (Å²) in [5.41, 5.74) is -2.53. The Bertz CT molecular complexity index is 170. The van der Waals surface area contributed by atoms with Crippen molar-refractivity contribution in [2.75, 3.05) is 13.2 Å². The van der Waals surface area contributed by atoms with E-state index >= 15 is 0 Å². The molecule has 0 bridgehead atoms. The SMILES string of the molecule is [2H]C([2H])(O)[C@@](O)(C#C)COO. The van der Waals surface area contributed by atoms with E-state index in [4.69, 9.17) is 18.2 Å². The topological polar surface area (TPSA) is 69.9 Å². The van der Waals surface area contributed by atoms with Crippen LogP contribution in [0.15, 0.2) is 0 Å². The quantitative estimate of drug-likeness (QED) is 0.258. The molecule has 0 spiro atoms. The molecular weight excluding hydrogens is 124 g/mol. The minimum atomic E-state index is -3.01. The van der Waals surface area contributed by atoms with Crippen LogP contribution >= 0.6 is 0 Å². The first kappa shape index (κ1) is 5.21. The molecule has 0 aliphatic rings. The average molecular weight is 134 g/mol. The highest BCUT2D eigenvalue weighted by atomic mass is 17.1. The second-order valence-electron chi connectivity index (χ2n) is 1.39. The van der Waals surface area contributed by atoms with E-state index in [0.717, 1.165) is 0 Å². The summed E-state index contributed by atoms with van der Waals surface area (Å²) < 4.78 is 13.3. The van der Waals surface area contributed by atoms with Crippen molar-refractivity contribution in [1.82, 2.24) is 0 Å². The van der Waals surface area contributed by atoms with Gasteiger partial charge < -0.3 is 10.2 Å². The normalized spacial score (nSPS) is 21.1. The molecule has 0 heterocycles. The van der Waals surface area contributed by atoms with Gasteiger partial charge in [0.25, 0.3) is 0 Å². The summed E-state index contributed by atoms with van der Waals surface area (Å²) in [7, 11) is 0. The summed E-state index contributed by atoms with van der Waals surface area (Å²) in [5, 5.41) is 25.5. The molecule has 3 N–H and O–H groups in total. The largest absolute Gasteiger partial charge is 0.392 e. The monoisotopic (exact) mass is 134 g/mol. The summed E-state index contributed by atoms with van der Waals surface area (Å²) in [6, 6.07) is 0. The number of hydrogen-bond donors (Lipinski definition) is 3. The van der Waals surface area contributed by atoms with Gasteiger partial charge in [-0.2, -0.15) is 0 Å². The Morgan fingerprint density at radius 3 is 2.56 bits per heavy atom. The lowest BCUT2D eigenvalue weighted by Crippen LogP contribution is -2.36. The van der Waals surface area contributed by atoms with E-state index in [0.29, 0.717) is 0 Å². The molecule has 0 saturated heterocycles. The third kappa shape index (κ3) is 2.44. The molecule has 4 nitrogen and oxygen atoms in total. The maximum absolute atomic E-state index is 9.01. The molecule has 0 radical (unpaired) electrons. The molecule has 0 fully saturated rings. The van der Waals surface area contributed by atoms with Gasteiger partial charge in [0.1, 0.15) is 6.61 Å². The maximum Gasteiger partial charge on any atom is 0.174 e. The van der Waals surface area contributed by atoms with E-state index in [-0.39, 0.29) is 0 Å². The van der Waals surface area contributed by atoms with Crippen LogP contribution in [0, 0.1) is 12.3 Å². The van der Waals surface area contributed by atoms with Crippen LogP contribution in [0.5, 0.6) is 0 Å². The summed E-state index contributed by atoms with van der Waals surface area (Å²) in [6.45, 7) is -3.91. The maximum atomic E-state index is 9.01. The van der Waals surface area contributed by atoms with Gasteiger partial charge in [-0.25, -0.2) is 4.89 Å². The van der Waals surface area contributed by atoms with Crippen LogP contribution in [-0.2, 0) is 4.89 Å². The van der Waals surface area contributed by atoms with Crippen molar-refractivity contribution in [2.24, 2.45) is 0 Å². The van der Waals surface area contributed by atoms with E-state index in [1.54, 1.807) is 5.92 Å². The molecule has 0 rings (SSSR count). The fourth-order valence-corrected chi connectivity index (χ4v) is 0.200. The predicted molar refractivity (Wildman–Crippen MR) is 29.4 cm³/mol. The highest BCUT2D eigenvalue weighted by molar-refractivity contribution is 5.06. The first-order valence-electron chi connectivity index (χ1n) is 3.06. The molecule has 52 valence electrons. The standard InChI is InChI=1S/C5H8O4/c1-2-5(7,3-6)4-9-8/h1,6-8H,3-4H2/t5-/m0/s1/i3D2. The fraction of sp³-hybridized carbons (Fsp3) is 0.600. The van der Waals surface area contributed by atoms with Crippen LogP contribution < -0.4 is 0 Å². The molecule has 0 aliphatic heterocycles. The van der Waals surface area contributed by atoms with Crippen LogP contribution in [0.1, 0.15) is 2.74 Å². The van der Waals surface area contributed by atoms with Gasteiger partial charge in [0.15, 0.2) is 5.60 Å². The molecule has 0 amide bonds. The van der Waals surface area contributed by atoms with E-state index in [9.17, 15) is 0 Å². The third-order valence-electron chi connectivity index (χ3n) is 0.697. The van der Waals surface area contributed by atoms with Crippen LogP contribution in [0.2, 0.25) is 0 Å². The molecule has 1 atom stereocenters. The van der Waals surface area contributed by atoms with Crippen molar-refractivity contribution < 1.29 is 23.1 Å². The van der Waals surface area contributed by atoms with Gasteiger partial charge in [0.2, 0.25) is 0 Å². The Hall–Kier alpha value is -0.600. The molecule has 0 saturated carbocycles. The van der Waals surface area contributed by atoms with Crippen LogP contribution in [0.3, 0.4) is 0 Å². The first-order valence-corrected chi connectivity index (χ1v) is 2.06. The number of hydrogen-bond acceptors (Lipinski definition) is 4. The van der Waals surface area contributed by atoms with Crippen molar-refractivity contribution >= 4 is 0 Å². The Labute approximate surface area is 55.4 Å². The Morgan fingerprint density at radius 2 is 2.44 bits per heavy atom. The van der Waals surface area contributed by atoms with Crippen LogP contribution in [0.4, 0.5) is 0 Å². The summed E-state index contributed by atoms with van der Waals surface area (Å²) >= 11 is 0. The van der Waals surface area contributed by atoms with Crippen LogP contribution in [-0.4, -0.2) is 34.2 Å². The van der Waals surface area contributed by atoms with Crippen molar-refractivity contribution in [3.63, 3.8) is 0 Å². The van der Waals surface area contributed by atoms with Gasteiger partial charge in [-0.15, -0.1) is 6.42 Å². The van der Waals surface area contributed by atoms with E-state index < -0.39 is 18.8 Å². The lowest BCUT2D eigenvalue weighted by Gasteiger charge is -2.15. The van der Waals surface area contributed by atoms with Gasteiger partial charge >= 0.3 is 0 Å². The van der Waals surface area contributed by atoms with Gasteiger partial charge in [0.05, 0.1) is 9.30 Å². The molecule has 0 aliphatic carbocycles. The minimum absolute atomic E-state index is 0.896. The average Bonchev–Trinajstić information content (AvgIpc) is 1.86. The highest BCUT2D eigenvalue weighted by Crippen LogP contribution is 1.99. The fourth-order valence-electron chi connectivity index (χ4n) is 0.200. The van der Waals surface area contributed by atoms with Crippen LogP contribution in [0.25, 0.3) is 0 Å². The smallest absolute Gasteiger partial charge is 0.174 e. The van der Waals surface area contributed by atoms with E-state index in [2.05, 4.69) is 11.3 Å².